The summed E-state index contributed by atoms with van der Waals surface area (Å²) in [6, 6.07) is 74.0. The van der Waals surface area contributed by atoms with Crippen molar-refractivity contribution in [3.8, 4) is 57.4 Å². The van der Waals surface area contributed by atoms with Crippen LogP contribution in [0.3, 0.4) is 0 Å². The fourth-order valence-corrected chi connectivity index (χ4v) is 24.3. The number of hydrogen-bond donors (Lipinski definition) is 2. The molecule has 2 N–H and O–H groups in total. The van der Waals surface area contributed by atoms with Crippen molar-refractivity contribution >= 4 is 26.0 Å². The quantitative estimate of drug-likeness (QED) is 0.0635. The zero-order chi connectivity index (χ0) is 94.7. The number of methoxy groups -OCH3 is 4. The van der Waals surface area contributed by atoms with Crippen LogP contribution in [0, 0.1) is 30.6 Å². The lowest BCUT2D eigenvalue weighted by Crippen LogP contribution is -2.68. The maximum absolute atomic E-state index is 13.3. The van der Waals surface area contributed by atoms with E-state index in [1.54, 1.807) is 92.6 Å². The molecule has 1 amide bonds. The molecular formula is C110H129N13O11S2. The third kappa shape index (κ3) is 22.8. The monoisotopic (exact) mass is 1870 g/mol. The molecule has 3 aromatic heterocycles. The Labute approximate surface area is 803 Å². The number of pyridine rings is 1. The zero-order valence-corrected chi connectivity index (χ0v) is 80.9. The molecule has 0 aliphatic carbocycles. The van der Waals surface area contributed by atoms with Crippen LogP contribution in [0.1, 0.15) is 148 Å². The lowest BCUT2D eigenvalue weighted by atomic mass is 9.74. The highest BCUT2D eigenvalue weighted by atomic mass is 32.2. The summed E-state index contributed by atoms with van der Waals surface area (Å²) in [5.74, 6) is 15.8. The maximum Gasteiger partial charge on any atom is 0.262 e. The topological polar surface area (TPSA) is 245 Å². The molecule has 11 aromatic rings. The molecule has 8 aliphatic heterocycles. The van der Waals surface area contributed by atoms with E-state index in [1.807, 2.05) is 102 Å². The summed E-state index contributed by atoms with van der Waals surface area (Å²) < 4.78 is 79.2. The molecule has 136 heavy (non-hydrogen) atoms. The van der Waals surface area contributed by atoms with Crippen molar-refractivity contribution in [2.24, 2.45) is 7.05 Å². The number of aryl methyl sites for hydroxylation is 2. The van der Waals surface area contributed by atoms with Gasteiger partial charge in [0.15, 0.2) is 5.03 Å². The summed E-state index contributed by atoms with van der Waals surface area (Å²) in [6.45, 7) is 15.9. The molecule has 0 spiro atoms. The second kappa shape index (κ2) is 46.3. The number of rotatable bonds is 21. The van der Waals surface area contributed by atoms with Gasteiger partial charge in [0.1, 0.15) is 17.8 Å². The maximum atomic E-state index is 13.3. The van der Waals surface area contributed by atoms with Crippen LogP contribution in [-0.2, 0) is 43.1 Å². The van der Waals surface area contributed by atoms with Gasteiger partial charge in [-0.05, 0) is 204 Å². The molecule has 24 nitrogen and oxygen atoms in total. The number of hydrogen-bond acceptors (Lipinski definition) is 20. The average Bonchev–Trinajstić information content (AvgIpc) is 0.769. The Balaban J connectivity index is 0.000000132. The molecular weight excluding hydrogens is 1740 g/mol. The normalized spacial score (nSPS) is 23.4. The first-order valence-electron chi connectivity index (χ1n) is 48.1. The first-order valence-corrected chi connectivity index (χ1v) is 51.1. The van der Waals surface area contributed by atoms with E-state index in [2.05, 4.69) is 190 Å². The van der Waals surface area contributed by atoms with Gasteiger partial charge in [-0.2, -0.15) is 4.31 Å². The molecule has 11 heterocycles. The second-order valence-corrected chi connectivity index (χ2v) is 40.9. The van der Waals surface area contributed by atoms with Crippen LogP contribution in [0.4, 0.5) is 0 Å². The van der Waals surface area contributed by atoms with Gasteiger partial charge in [0, 0.05) is 210 Å². The fourth-order valence-electron chi connectivity index (χ4n) is 21.7. The smallest absolute Gasteiger partial charge is 0.262 e. The molecule has 19 rings (SSSR count). The number of carbonyl (C=O) groups excluding carboxylic acids is 1. The summed E-state index contributed by atoms with van der Waals surface area (Å²) in [7, 11) is 1.76. The van der Waals surface area contributed by atoms with Crippen molar-refractivity contribution in [1.29, 1.82) is 0 Å². The zero-order valence-electron chi connectivity index (χ0n) is 79.3. The Morgan fingerprint density at radius 1 is 0.456 bits per heavy atom. The van der Waals surface area contributed by atoms with E-state index in [0.717, 1.165) is 165 Å². The molecule has 0 radical (unpaired) electrons. The van der Waals surface area contributed by atoms with Crippen molar-refractivity contribution in [3.63, 3.8) is 0 Å². The first kappa shape index (κ1) is 97.9. The number of para-hydroxylation sites is 2. The Morgan fingerprint density at radius 3 is 1.47 bits per heavy atom. The van der Waals surface area contributed by atoms with Crippen molar-refractivity contribution < 1.29 is 50.8 Å². The number of ether oxygens (including phenoxy) is 4. The van der Waals surface area contributed by atoms with Gasteiger partial charge in [0.05, 0.1) is 58.3 Å². The number of nitrogens with zero attached hydrogens (tertiary/aromatic N) is 13. The van der Waals surface area contributed by atoms with E-state index in [0.29, 0.717) is 68.9 Å². The van der Waals surface area contributed by atoms with Crippen LogP contribution in [-0.4, -0.2) is 283 Å². The molecule has 0 bridgehead atoms. The van der Waals surface area contributed by atoms with Gasteiger partial charge in [-0.25, -0.2) is 36.1 Å². The molecule has 8 aliphatic rings. The largest absolute Gasteiger partial charge is 0.496 e. The van der Waals surface area contributed by atoms with Gasteiger partial charge in [-0.1, -0.05) is 175 Å². The van der Waals surface area contributed by atoms with Gasteiger partial charge in [-0.15, -0.1) is 0 Å². The predicted octanol–water partition coefficient (Wildman–Crippen LogP) is 14.1. The molecule has 0 saturated carbocycles. The number of fused-ring (bicyclic) bond motifs is 4. The summed E-state index contributed by atoms with van der Waals surface area (Å²) in [5, 5.41) is 20.5. The average molecular weight is 1870 g/mol. The third-order valence-electron chi connectivity index (χ3n) is 28.6. The third-order valence-corrected chi connectivity index (χ3v) is 32.2. The highest BCUT2D eigenvalue weighted by Gasteiger charge is 2.54. The van der Waals surface area contributed by atoms with E-state index in [9.17, 15) is 31.8 Å². The van der Waals surface area contributed by atoms with Crippen molar-refractivity contribution in [2.75, 3.05) is 139 Å². The number of aliphatic hydroxyl groups excluding tert-OH is 2. The van der Waals surface area contributed by atoms with E-state index < -0.39 is 20.0 Å². The molecule has 712 valence electrons. The van der Waals surface area contributed by atoms with E-state index in [-0.39, 0.29) is 78.0 Å². The Morgan fingerprint density at radius 2 is 0.926 bits per heavy atom. The highest BCUT2D eigenvalue weighted by Crippen LogP contribution is 2.48. The number of aliphatic hydroxyl groups is 2. The van der Waals surface area contributed by atoms with Crippen LogP contribution < -0.4 is 9.47 Å². The number of benzene rings is 8. The van der Waals surface area contributed by atoms with Gasteiger partial charge >= 0.3 is 0 Å². The summed E-state index contributed by atoms with van der Waals surface area (Å²) >= 11 is 0. The predicted molar refractivity (Wildman–Crippen MR) is 533 cm³/mol. The minimum Gasteiger partial charge on any atom is -0.496 e. The minimum absolute atomic E-state index is 0.00678. The summed E-state index contributed by atoms with van der Waals surface area (Å²) in [4.78, 5) is 44.2. The van der Waals surface area contributed by atoms with Gasteiger partial charge in [0.25, 0.3) is 15.9 Å². The first-order chi connectivity index (χ1) is 66.4. The van der Waals surface area contributed by atoms with Crippen LogP contribution >= 0.6 is 0 Å². The molecule has 8 aromatic carbocycles. The van der Waals surface area contributed by atoms with Gasteiger partial charge in [0.2, 0.25) is 10.0 Å². The van der Waals surface area contributed by atoms with Gasteiger partial charge in [-0.3, -0.25) is 34.3 Å². The Hall–Kier alpha value is -11.2. The Bertz CT molecular complexity index is 6110. The molecule has 26 heteroatoms. The van der Waals surface area contributed by atoms with Crippen LogP contribution in [0.2, 0.25) is 0 Å². The summed E-state index contributed by atoms with van der Waals surface area (Å²) in [6.07, 6.45) is 19.9. The molecule has 0 unspecified atom stereocenters. The summed E-state index contributed by atoms with van der Waals surface area (Å²) in [5.41, 5.74) is 16.4. The number of amides is 1. The number of aromatic nitrogens is 5. The minimum atomic E-state index is -3.67. The second-order valence-electron chi connectivity index (χ2n) is 36.8. The molecule has 8 saturated heterocycles. The van der Waals surface area contributed by atoms with E-state index >= 15 is 0 Å². The number of imidazole rings is 1. The van der Waals surface area contributed by atoms with Crippen molar-refractivity contribution in [3.05, 3.63) is 317 Å². The van der Waals surface area contributed by atoms with E-state index in [4.69, 9.17) is 18.9 Å². The SMILES string of the molecule is CCS(=O)(=O)N1CCCCN2[C@@H](COC)[C@@H](c3ccc(C#Cc4ccccc4OC)cc3)[C@@H]2C1.COC[C@@H]1[C@H](c2ccc(-c3ccccc3OC)cc2)[C@H]2CN(C(=O)c3ccncc3)CCCCN12.Cc1cccc(-c2ccc([C@@H]3[C@H](CO)N4CCCCN(S(=O)(=O)c5cn(C)cn5)C[C@@H]34)cc2)c1.OC[C@H]1[C@@H](c2ccc(C#Cc3ccccc3)cc2)[C@@H]2CN(Cc3cncnc3)CCCCN12. The van der Waals surface area contributed by atoms with Crippen molar-refractivity contribution in [1.82, 2.24) is 62.5 Å². The highest BCUT2D eigenvalue weighted by molar-refractivity contribution is 7.89. The van der Waals surface area contributed by atoms with Crippen molar-refractivity contribution in [2.45, 2.75) is 149 Å². The number of carbonyl (C=O) groups is 1. The molecule has 8 fully saturated rings. The van der Waals surface area contributed by atoms with Crippen LogP contribution in [0.15, 0.2) is 261 Å². The fraction of sp³-hybridized carbons (Fsp3) is 0.409. The van der Waals surface area contributed by atoms with E-state index in [1.165, 1.54) is 40.6 Å². The van der Waals surface area contributed by atoms with Gasteiger partial charge < -0.3 is 38.6 Å². The Kier molecular flexibility index (Phi) is 33.4. The number of sulfonamides is 2. The molecule has 12 atom stereocenters. The van der Waals surface area contributed by atoms with Crippen LogP contribution in [0.5, 0.6) is 11.5 Å². The lowest BCUT2D eigenvalue weighted by molar-refractivity contribution is -0.0680. The lowest BCUT2D eigenvalue weighted by Gasteiger charge is -2.57. The van der Waals surface area contributed by atoms with Crippen LogP contribution in [0.25, 0.3) is 22.3 Å². The standard InChI is InChI=1S/C29H33N3O3.C28H30N4O.C27H34N2O4S.C26H32N4O3S/c1-34-20-26-28(22-11-9-21(10-12-22)24-7-3-4-8-27(24)35-2)25-19-31(17-5-6-18-32(25)26)29(33)23-13-15-30-16-14-23;33-20-27-28(25-12-10-23(11-13-25)9-8-22-6-2-1-3-7-22)26-19-31(14-4-5-15-32(26)27)18-24-16-29-21-30-17-24;1-4-34(30,31)28-17-7-8-18-29-24(19-28)27(25(29)20-32-2)23-15-12-21(13-16-23)11-14-22-9-5-6-10-26(22)33-3;1-19-6-5-7-22(14-19)20-8-10-21(11-9-20)26-23-15-29(12-3-4-13-30(23)24(26)17-31)34(32,33)25-16-28(2)18-27-25/h3-4,7-16,25-26,28H,5-6,17-20H2,1-2H3;1-3,6-7,10-13,16-17,21,26-28,33H,4-5,14-15,18-20H2;5-6,9-10,12-13,15-16,24-25,27H,4,7-8,17-20H2,1-3H3;5-11,14,16,18,23-24,26,31H,3-4,12-13,15,17H2,1-2H3/t25-,26-,28-;26-,27-,28-;24-,25-,27-;23-,24-,26-/m1000/s1.